The van der Waals surface area contributed by atoms with Crippen LogP contribution in [-0.4, -0.2) is 33.7 Å². The fourth-order valence-corrected chi connectivity index (χ4v) is 3.92. The van der Waals surface area contributed by atoms with Crippen molar-refractivity contribution in [3.8, 4) is 0 Å². The number of ether oxygens (including phenoxy) is 1. The maximum Gasteiger partial charge on any atom is 0.339 e. The molecule has 0 saturated heterocycles. The fourth-order valence-electron chi connectivity index (χ4n) is 3.31. The normalized spacial score (nSPS) is 13.2. The van der Waals surface area contributed by atoms with Gasteiger partial charge in [-0.25, -0.2) is 4.79 Å². The first-order chi connectivity index (χ1) is 13.1. The standard InChI is InChI=1S/C19H18N4O3S/c1-11-22-23-19(27-11)21-16(24)10-26-18(25)17-12-6-2-4-8-14(12)20-15-9-5-3-7-13(15)17/h2,4,6,8H,3,5,7,9-10H2,1H3,(H,21,23,24). The Bertz CT molecular complexity index is 1030. The minimum absolute atomic E-state index is 0.372. The van der Waals surface area contributed by atoms with Crippen LogP contribution in [0.1, 0.15) is 39.5 Å². The lowest BCUT2D eigenvalue weighted by Crippen LogP contribution is -2.22. The Morgan fingerprint density at radius 2 is 2.00 bits per heavy atom. The molecule has 1 N–H and O–H groups in total. The number of hydrogen-bond acceptors (Lipinski definition) is 7. The van der Waals surface area contributed by atoms with Gasteiger partial charge >= 0.3 is 5.97 Å². The van der Waals surface area contributed by atoms with Gasteiger partial charge in [0, 0.05) is 11.1 Å². The van der Waals surface area contributed by atoms with Gasteiger partial charge in [0.2, 0.25) is 5.13 Å². The summed E-state index contributed by atoms with van der Waals surface area (Å²) in [6, 6.07) is 7.54. The third-order valence-corrected chi connectivity index (χ3v) is 5.23. The van der Waals surface area contributed by atoms with Gasteiger partial charge in [-0.2, -0.15) is 0 Å². The Morgan fingerprint density at radius 3 is 2.81 bits per heavy atom. The van der Waals surface area contributed by atoms with E-state index in [4.69, 9.17) is 9.72 Å². The second-order valence-corrected chi connectivity index (χ2v) is 7.57. The highest BCUT2D eigenvalue weighted by Crippen LogP contribution is 2.29. The molecule has 4 rings (SSSR count). The lowest BCUT2D eigenvalue weighted by molar-refractivity contribution is -0.119. The molecule has 0 saturated carbocycles. The van der Waals surface area contributed by atoms with E-state index in [1.807, 2.05) is 24.3 Å². The van der Waals surface area contributed by atoms with Crippen LogP contribution in [0.2, 0.25) is 0 Å². The third-order valence-electron chi connectivity index (χ3n) is 4.48. The number of carbonyl (C=O) groups is 2. The molecule has 0 spiro atoms. The summed E-state index contributed by atoms with van der Waals surface area (Å²) in [5.41, 5.74) is 3.22. The number of nitrogens with zero attached hydrogens (tertiary/aromatic N) is 3. The van der Waals surface area contributed by atoms with Gasteiger partial charge in [-0.05, 0) is 44.2 Å². The maximum atomic E-state index is 12.8. The number of carbonyl (C=O) groups excluding carboxylic acids is 2. The first-order valence-electron chi connectivity index (χ1n) is 8.79. The number of rotatable bonds is 4. The van der Waals surface area contributed by atoms with Crippen molar-refractivity contribution in [2.75, 3.05) is 11.9 Å². The number of esters is 1. The highest BCUT2D eigenvalue weighted by atomic mass is 32.1. The van der Waals surface area contributed by atoms with Crippen LogP contribution in [0.3, 0.4) is 0 Å². The second kappa shape index (κ2) is 7.40. The smallest absolute Gasteiger partial charge is 0.339 e. The maximum absolute atomic E-state index is 12.8. The molecule has 138 valence electrons. The second-order valence-electron chi connectivity index (χ2n) is 6.39. The molecule has 0 unspecified atom stereocenters. The van der Waals surface area contributed by atoms with Gasteiger partial charge < -0.3 is 4.74 Å². The van der Waals surface area contributed by atoms with Gasteiger partial charge in [-0.15, -0.1) is 10.2 Å². The molecule has 1 aliphatic carbocycles. The van der Waals surface area contributed by atoms with Crippen molar-refractivity contribution in [2.24, 2.45) is 0 Å². The van der Waals surface area contributed by atoms with Crippen LogP contribution in [0.25, 0.3) is 10.9 Å². The molecule has 27 heavy (non-hydrogen) atoms. The molecule has 1 aromatic carbocycles. The van der Waals surface area contributed by atoms with Crippen molar-refractivity contribution >= 4 is 39.2 Å². The Kier molecular flexibility index (Phi) is 4.81. The van der Waals surface area contributed by atoms with E-state index in [9.17, 15) is 9.59 Å². The number of para-hydroxylation sites is 1. The fraction of sp³-hybridized carbons (Fsp3) is 0.316. The Morgan fingerprint density at radius 1 is 1.19 bits per heavy atom. The van der Waals surface area contributed by atoms with E-state index in [0.717, 1.165) is 52.9 Å². The predicted molar refractivity (Wildman–Crippen MR) is 102 cm³/mol. The minimum Gasteiger partial charge on any atom is -0.452 e. The molecule has 1 amide bonds. The Hall–Kier alpha value is -2.87. The van der Waals surface area contributed by atoms with Crippen LogP contribution in [0.5, 0.6) is 0 Å². The first kappa shape index (κ1) is 17.5. The van der Waals surface area contributed by atoms with Crippen molar-refractivity contribution in [2.45, 2.75) is 32.6 Å². The van der Waals surface area contributed by atoms with Crippen LogP contribution in [0.15, 0.2) is 24.3 Å². The number of anilines is 1. The molecule has 0 radical (unpaired) electrons. The average Bonchev–Trinajstić information content (AvgIpc) is 3.08. The van der Waals surface area contributed by atoms with Crippen molar-refractivity contribution in [1.82, 2.24) is 15.2 Å². The number of nitrogens with one attached hydrogen (secondary N) is 1. The zero-order valence-corrected chi connectivity index (χ0v) is 15.6. The zero-order chi connectivity index (χ0) is 18.8. The van der Waals surface area contributed by atoms with Gasteiger partial charge in [0.25, 0.3) is 5.91 Å². The first-order valence-corrected chi connectivity index (χ1v) is 9.61. The van der Waals surface area contributed by atoms with Crippen LogP contribution in [-0.2, 0) is 22.4 Å². The molecular weight excluding hydrogens is 364 g/mol. The number of amides is 1. The van der Waals surface area contributed by atoms with E-state index < -0.39 is 11.9 Å². The SMILES string of the molecule is Cc1nnc(NC(=O)COC(=O)c2c3c(nc4ccccc24)CCCC3)s1. The zero-order valence-electron chi connectivity index (χ0n) is 14.8. The van der Waals surface area contributed by atoms with E-state index in [1.165, 1.54) is 11.3 Å². The number of pyridine rings is 1. The van der Waals surface area contributed by atoms with E-state index in [0.29, 0.717) is 10.7 Å². The number of aromatic nitrogens is 3. The quantitative estimate of drug-likeness (QED) is 0.697. The minimum atomic E-state index is -0.490. The topological polar surface area (TPSA) is 94.1 Å². The van der Waals surface area contributed by atoms with Crippen LogP contribution in [0.4, 0.5) is 5.13 Å². The van der Waals surface area contributed by atoms with Crippen LogP contribution >= 0.6 is 11.3 Å². The summed E-state index contributed by atoms with van der Waals surface area (Å²) in [7, 11) is 0. The summed E-state index contributed by atoms with van der Waals surface area (Å²) in [5, 5.41) is 12.2. The molecule has 8 heteroatoms. The van der Waals surface area contributed by atoms with Gasteiger partial charge in [-0.1, -0.05) is 29.5 Å². The van der Waals surface area contributed by atoms with Gasteiger partial charge in [0.05, 0.1) is 11.1 Å². The van der Waals surface area contributed by atoms with Gasteiger partial charge in [0.1, 0.15) is 5.01 Å². The van der Waals surface area contributed by atoms with E-state index in [1.54, 1.807) is 6.92 Å². The number of benzene rings is 1. The van der Waals surface area contributed by atoms with Crippen LogP contribution in [0, 0.1) is 6.92 Å². The van der Waals surface area contributed by atoms with Gasteiger partial charge in [-0.3, -0.25) is 15.1 Å². The van der Waals surface area contributed by atoms with Crippen molar-refractivity contribution in [3.63, 3.8) is 0 Å². The average molecular weight is 382 g/mol. The third kappa shape index (κ3) is 3.66. The summed E-state index contributed by atoms with van der Waals surface area (Å²) in [4.78, 5) is 29.6. The highest BCUT2D eigenvalue weighted by molar-refractivity contribution is 7.15. The summed E-state index contributed by atoms with van der Waals surface area (Å²) in [5.74, 6) is -0.929. The van der Waals surface area contributed by atoms with E-state index in [-0.39, 0.29) is 6.61 Å². The lowest BCUT2D eigenvalue weighted by Gasteiger charge is -2.19. The van der Waals surface area contributed by atoms with Crippen molar-refractivity contribution in [1.29, 1.82) is 0 Å². The predicted octanol–water partition coefficient (Wildman–Crippen LogP) is 3.07. The molecule has 0 aliphatic heterocycles. The Labute approximate surface area is 159 Å². The largest absolute Gasteiger partial charge is 0.452 e. The molecular formula is C19H18N4O3S. The molecule has 7 nitrogen and oxygen atoms in total. The summed E-state index contributed by atoms with van der Waals surface area (Å²) in [6.45, 7) is 1.42. The summed E-state index contributed by atoms with van der Waals surface area (Å²) in [6.07, 6.45) is 3.74. The Balaban J connectivity index is 1.56. The van der Waals surface area contributed by atoms with Gasteiger partial charge in [0.15, 0.2) is 6.61 Å². The molecule has 0 fully saturated rings. The van der Waals surface area contributed by atoms with Crippen molar-refractivity contribution in [3.05, 3.63) is 46.1 Å². The molecule has 0 atom stereocenters. The molecule has 0 bridgehead atoms. The lowest BCUT2D eigenvalue weighted by atomic mass is 9.90. The number of fused-ring (bicyclic) bond motifs is 2. The molecule has 3 aromatic rings. The van der Waals surface area contributed by atoms with Crippen molar-refractivity contribution < 1.29 is 14.3 Å². The number of aryl methyl sites for hydroxylation is 2. The summed E-state index contributed by atoms with van der Waals surface area (Å²) >= 11 is 1.26. The van der Waals surface area contributed by atoms with E-state index >= 15 is 0 Å². The monoisotopic (exact) mass is 382 g/mol. The van der Waals surface area contributed by atoms with E-state index in [2.05, 4.69) is 15.5 Å². The van der Waals surface area contributed by atoms with Crippen LogP contribution < -0.4 is 5.32 Å². The molecule has 2 heterocycles. The molecule has 1 aliphatic rings. The molecule has 2 aromatic heterocycles. The number of hydrogen-bond donors (Lipinski definition) is 1. The summed E-state index contributed by atoms with van der Waals surface area (Å²) < 4.78 is 5.32. The highest BCUT2D eigenvalue weighted by Gasteiger charge is 2.24.